The topological polar surface area (TPSA) is 90.5 Å². The van der Waals surface area contributed by atoms with Crippen LogP contribution in [0.2, 0.25) is 0 Å². The van der Waals surface area contributed by atoms with Crippen LogP contribution in [0, 0.1) is 5.92 Å². The van der Waals surface area contributed by atoms with E-state index in [1.807, 2.05) is 0 Å². The third-order valence-electron chi connectivity index (χ3n) is 2.76. The van der Waals surface area contributed by atoms with Gasteiger partial charge in [0, 0.05) is 13.6 Å². The Morgan fingerprint density at radius 1 is 1.38 bits per heavy atom. The molecule has 116 valence electrons. The smallest absolute Gasteiger partial charge is 0.431 e. The summed E-state index contributed by atoms with van der Waals surface area (Å²) in [5.74, 6) is -2.85. The van der Waals surface area contributed by atoms with Gasteiger partial charge in [0.2, 0.25) is 0 Å². The second-order valence-electron chi connectivity index (χ2n) is 4.54. The van der Waals surface area contributed by atoms with Crippen molar-refractivity contribution in [2.24, 2.45) is 5.92 Å². The third kappa shape index (κ3) is 4.07. The number of carbonyl (C=O) groups is 2. The number of H-pyrrole nitrogens is 1. The molecule has 0 aliphatic carbocycles. The van der Waals surface area contributed by atoms with Crippen LogP contribution in [0.1, 0.15) is 23.0 Å². The minimum absolute atomic E-state index is 0.172. The predicted molar refractivity (Wildman–Crippen MR) is 65.8 cm³/mol. The van der Waals surface area contributed by atoms with Crippen molar-refractivity contribution in [1.82, 2.24) is 9.88 Å². The van der Waals surface area contributed by atoms with Gasteiger partial charge in [0.25, 0.3) is 11.5 Å². The predicted octanol–water partition coefficient (Wildman–Crippen LogP) is 1.19. The summed E-state index contributed by atoms with van der Waals surface area (Å²) >= 11 is 0. The van der Waals surface area contributed by atoms with E-state index in [-0.39, 0.29) is 6.54 Å². The lowest BCUT2D eigenvalue weighted by atomic mass is 10.1. The van der Waals surface area contributed by atoms with E-state index < -0.39 is 40.8 Å². The van der Waals surface area contributed by atoms with Crippen LogP contribution in [0.5, 0.6) is 0 Å². The molecule has 6 nitrogen and oxygen atoms in total. The summed E-state index contributed by atoms with van der Waals surface area (Å²) in [7, 11) is 1.26. The van der Waals surface area contributed by atoms with Gasteiger partial charge >= 0.3 is 12.1 Å². The zero-order chi connectivity index (χ0) is 16.4. The van der Waals surface area contributed by atoms with Gasteiger partial charge in [-0.3, -0.25) is 14.4 Å². The molecule has 1 amide bonds. The fraction of sp³-hybridized carbons (Fsp3) is 0.417. The van der Waals surface area contributed by atoms with Crippen LogP contribution in [0.15, 0.2) is 16.9 Å². The third-order valence-corrected chi connectivity index (χ3v) is 2.76. The molecule has 1 unspecified atom stereocenters. The average Bonchev–Trinajstić information content (AvgIpc) is 2.36. The molecule has 9 heteroatoms. The Hall–Kier alpha value is -2.32. The summed E-state index contributed by atoms with van der Waals surface area (Å²) in [6, 6.07) is 1.36. The van der Waals surface area contributed by atoms with E-state index in [9.17, 15) is 27.6 Å². The highest BCUT2D eigenvalue weighted by Gasteiger charge is 2.32. The second-order valence-corrected chi connectivity index (χ2v) is 4.54. The van der Waals surface area contributed by atoms with Crippen LogP contribution in [0.25, 0.3) is 0 Å². The summed E-state index contributed by atoms with van der Waals surface area (Å²) < 4.78 is 37.2. The molecular weight excluding hydrogens is 293 g/mol. The molecule has 0 aliphatic heterocycles. The molecule has 1 heterocycles. The van der Waals surface area contributed by atoms with Crippen molar-refractivity contribution in [3.8, 4) is 0 Å². The van der Waals surface area contributed by atoms with Crippen LogP contribution in [0.4, 0.5) is 13.2 Å². The Morgan fingerprint density at radius 3 is 2.38 bits per heavy atom. The zero-order valence-electron chi connectivity index (χ0n) is 11.2. The fourth-order valence-electron chi connectivity index (χ4n) is 1.58. The van der Waals surface area contributed by atoms with Gasteiger partial charge in [0.15, 0.2) is 0 Å². The summed E-state index contributed by atoms with van der Waals surface area (Å²) in [6.45, 7) is 1.19. The number of carbonyl (C=O) groups excluding carboxylic acids is 1. The number of hydrogen-bond donors (Lipinski definition) is 2. The highest BCUT2D eigenvalue weighted by atomic mass is 19.4. The average molecular weight is 306 g/mol. The highest BCUT2D eigenvalue weighted by Crippen LogP contribution is 2.26. The molecule has 1 atom stereocenters. The first-order valence-electron chi connectivity index (χ1n) is 5.82. The van der Waals surface area contributed by atoms with E-state index in [1.54, 1.807) is 4.98 Å². The maximum atomic E-state index is 12.4. The normalized spacial score (nSPS) is 12.8. The first-order chi connectivity index (χ1) is 9.54. The van der Waals surface area contributed by atoms with Gasteiger partial charge in [-0.2, -0.15) is 13.2 Å². The largest absolute Gasteiger partial charge is 0.481 e. The van der Waals surface area contributed by atoms with Crippen LogP contribution in [-0.2, 0) is 11.0 Å². The minimum Gasteiger partial charge on any atom is -0.481 e. The van der Waals surface area contributed by atoms with Crippen molar-refractivity contribution >= 4 is 11.9 Å². The van der Waals surface area contributed by atoms with Gasteiger partial charge in [-0.15, -0.1) is 0 Å². The summed E-state index contributed by atoms with van der Waals surface area (Å²) in [4.78, 5) is 36.7. The summed E-state index contributed by atoms with van der Waals surface area (Å²) in [6.07, 6.45) is -4.72. The number of hydrogen-bond acceptors (Lipinski definition) is 3. The van der Waals surface area contributed by atoms with Gasteiger partial charge in [-0.25, -0.2) is 0 Å². The van der Waals surface area contributed by atoms with E-state index in [0.717, 1.165) is 11.0 Å². The van der Waals surface area contributed by atoms with E-state index in [4.69, 9.17) is 5.11 Å². The first kappa shape index (κ1) is 16.7. The molecule has 1 aromatic heterocycles. The number of aromatic nitrogens is 1. The monoisotopic (exact) mass is 306 g/mol. The highest BCUT2D eigenvalue weighted by molar-refractivity contribution is 5.93. The van der Waals surface area contributed by atoms with Crippen molar-refractivity contribution in [3.63, 3.8) is 0 Å². The lowest BCUT2D eigenvalue weighted by Gasteiger charge is -2.19. The lowest BCUT2D eigenvalue weighted by molar-refractivity contribution is -0.142. The van der Waals surface area contributed by atoms with Gasteiger partial charge in [-0.1, -0.05) is 6.92 Å². The van der Waals surface area contributed by atoms with Crippen LogP contribution >= 0.6 is 0 Å². The number of rotatable bonds is 4. The number of amides is 1. The number of nitrogens with zero attached hydrogens (tertiary/aromatic N) is 1. The molecule has 0 radical (unpaired) electrons. The molecule has 0 bridgehead atoms. The quantitative estimate of drug-likeness (QED) is 0.874. The molecule has 0 saturated heterocycles. The number of pyridine rings is 1. The number of nitrogens with one attached hydrogen (secondary N) is 1. The van der Waals surface area contributed by atoms with Gasteiger partial charge in [0.1, 0.15) is 11.3 Å². The van der Waals surface area contributed by atoms with E-state index >= 15 is 0 Å². The van der Waals surface area contributed by atoms with Crippen LogP contribution < -0.4 is 5.56 Å². The van der Waals surface area contributed by atoms with Crippen molar-refractivity contribution in [2.75, 3.05) is 13.6 Å². The molecule has 2 N–H and O–H groups in total. The second kappa shape index (κ2) is 5.98. The van der Waals surface area contributed by atoms with Crippen molar-refractivity contribution in [1.29, 1.82) is 0 Å². The molecule has 1 rings (SSSR count). The van der Waals surface area contributed by atoms with Gasteiger partial charge in [0.05, 0.1) is 5.92 Å². The zero-order valence-corrected chi connectivity index (χ0v) is 11.2. The van der Waals surface area contributed by atoms with E-state index in [1.165, 1.54) is 14.0 Å². The van der Waals surface area contributed by atoms with Gasteiger partial charge in [-0.05, 0) is 12.1 Å². The van der Waals surface area contributed by atoms with Crippen molar-refractivity contribution < 1.29 is 27.9 Å². The summed E-state index contributed by atoms with van der Waals surface area (Å²) in [5, 5.41) is 8.73. The SMILES string of the molecule is CC(CN(C)C(=O)c1ccc(C(F)(F)F)[nH]c1=O)C(=O)O. The Labute approximate surface area is 117 Å². The summed E-state index contributed by atoms with van der Waals surface area (Å²) in [5.41, 5.74) is -2.92. The molecule has 0 saturated carbocycles. The number of alkyl halides is 3. The standard InChI is InChI=1S/C12H13F3N2O4/c1-6(11(20)21)5-17(2)10(19)7-3-4-8(12(13,14)15)16-9(7)18/h3-4,6H,5H2,1-2H3,(H,16,18)(H,20,21). The molecule has 0 aromatic carbocycles. The molecule has 21 heavy (non-hydrogen) atoms. The molecule has 1 aromatic rings. The van der Waals surface area contributed by atoms with Crippen molar-refractivity contribution in [3.05, 3.63) is 33.7 Å². The van der Waals surface area contributed by atoms with Crippen molar-refractivity contribution in [2.45, 2.75) is 13.1 Å². The van der Waals surface area contributed by atoms with Crippen LogP contribution in [0.3, 0.4) is 0 Å². The minimum atomic E-state index is -4.72. The van der Waals surface area contributed by atoms with E-state index in [0.29, 0.717) is 6.07 Å². The lowest BCUT2D eigenvalue weighted by Crippen LogP contribution is -2.36. The number of carboxylic acid groups (broad SMARTS) is 1. The van der Waals surface area contributed by atoms with Crippen LogP contribution in [-0.4, -0.2) is 40.5 Å². The Morgan fingerprint density at radius 2 is 1.95 bits per heavy atom. The number of aromatic amines is 1. The molecular formula is C12H13F3N2O4. The molecule has 0 spiro atoms. The van der Waals surface area contributed by atoms with Gasteiger partial charge < -0.3 is 15.0 Å². The maximum absolute atomic E-state index is 12.4. The molecule has 0 aliphatic rings. The number of carboxylic acids is 1. The Kier molecular flexibility index (Phi) is 4.77. The number of halogens is 3. The number of aliphatic carboxylic acids is 1. The molecule has 0 fully saturated rings. The van der Waals surface area contributed by atoms with E-state index in [2.05, 4.69) is 0 Å². The fourth-order valence-corrected chi connectivity index (χ4v) is 1.58. The first-order valence-corrected chi connectivity index (χ1v) is 5.82. The maximum Gasteiger partial charge on any atom is 0.431 e. The Balaban J connectivity index is 2.99. The Bertz CT molecular complexity index is 609.